The maximum absolute atomic E-state index is 10.6. The number of β-amino-alcohol motifs (C(OH)–C–C–N with tert-alkyl or cyclic N) is 1. The summed E-state index contributed by atoms with van der Waals surface area (Å²) < 4.78 is 0. The molecule has 0 aromatic heterocycles. The van der Waals surface area contributed by atoms with E-state index in [2.05, 4.69) is 35.2 Å². The summed E-state index contributed by atoms with van der Waals surface area (Å²) >= 11 is 0. The minimum atomic E-state index is -0.647. The van der Waals surface area contributed by atoms with Crippen molar-refractivity contribution in [2.24, 2.45) is 11.7 Å². The average Bonchev–Trinajstić information content (AvgIpc) is 3.21. The molecule has 3 heteroatoms. The van der Waals surface area contributed by atoms with Crippen LogP contribution in [0.4, 0.5) is 0 Å². The molecule has 2 aliphatic rings. The van der Waals surface area contributed by atoms with E-state index in [1.807, 2.05) is 0 Å². The van der Waals surface area contributed by atoms with Crippen LogP contribution >= 0.6 is 0 Å². The Hall–Kier alpha value is -0.900. The largest absolute Gasteiger partial charge is 0.387 e. The minimum absolute atomic E-state index is 0.393. The molecule has 2 atom stereocenters. The molecule has 3 rings (SSSR count). The summed E-state index contributed by atoms with van der Waals surface area (Å²) in [5.74, 6) is 1.05. The Bertz CT molecular complexity index is 418. The van der Waals surface area contributed by atoms with E-state index in [9.17, 15) is 5.11 Å². The zero-order chi connectivity index (χ0) is 13.3. The standard InChI is InChI=1S/C16H24N2O/c17-11-16(19,15-6-7-15)12-18-9-8-14(10-18)13-4-2-1-3-5-13/h1-5,14-15,19H,6-12,17H2. The Balaban J connectivity index is 1.60. The molecule has 2 unspecified atom stereocenters. The number of rotatable bonds is 5. The van der Waals surface area contributed by atoms with Crippen molar-refractivity contribution in [3.05, 3.63) is 35.9 Å². The van der Waals surface area contributed by atoms with Gasteiger partial charge in [-0.2, -0.15) is 0 Å². The summed E-state index contributed by atoms with van der Waals surface area (Å²) in [4.78, 5) is 2.39. The van der Waals surface area contributed by atoms with Crippen LogP contribution in [0.25, 0.3) is 0 Å². The van der Waals surface area contributed by atoms with Crippen LogP contribution in [0.15, 0.2) is 30.3 Å². The third-order valence-electron chi connectivity index (χ3n) is 4.73. The predicted octanol–water partition coefficient (Wildman–Crippen LogP) is 1.58. The molecule has 0 radical (unpaired) electrons. The van der Waals surface area contributed by atoms with Gasteiger partial charge in [0.15, 0.2) is 0 Å². The Morgan fingerprint density at radius 1 is 1.21 bits per heavy atom. The highest BCUT2D eigenvalue weighted by atomic mass is 16.3. The van der Waals surface area contributed by atoms with E-state index in [4.69, 9.17) is 5.73 Å². The molecular formula is C16H24N2O. The zero-order valence-corrected chi connectivity index (χ0v) is 11.5. The highest BCUT2D eigenvalue weighted by Gasteiger charge is 2.44. The second-order valence-corrected chi connectivity index (χ2v) is 6.21. The van der Waals surface area contributed by atoms with Crippen molar-refractivity contribution in [3.8, 4) is 0 Å². The first-order chi connectivity index (χ1) is 9.21. The van der Waals surface area contributed by atoms with Gasteiger partial charge < -0.3 is 10.8 Å². The van der Waals surface area contributed by atoms with Crippen LogP contribution in [0, 0.1) is 5.92 Å². The Kier molecular flexibility index (Phi) is 3.61. The first kappa shape index (κ1) is 13.1. The van der Waals surface area contributed by atoms with Crippen molar-refractivity contribution in [3.63, 3.8) is 0 Å². The van der Waals surface area contributed by atoms with Gasteiger partial charge in [0.1, 0.15) is 0 Å². The van der Waals surface area contributed by atoms with Gasteiger partial charge >= 0.3 is 0 Å². The van der Waals surface area contributed by atoms with Crippen LogP contribution in [0.5, 0.6) is 0 Å². The molecule has 0 amide bonds. The minimum Gasteiger partial charge on any atom is -0.387 e. The molecule has 1 aliphatic heterocycles. The topological polar surface area (TPSA) is 49.5 Å². The molecule has 19 heavy (non-hydrogen) atoms. The van der Waals surface area contributed by atoms with E-state index in [0.717, 1.165) is 32.5 Å². The van der Waals surface area contributed by atoms with E-state index in [-0.39, 0.29) is 0 Å². The fraction of sp³-hybridized carbons (Fsp3) is 0.625. The maximum atomic E-state index is 10.6. The van der Waals surface area contributed by atoms with Gasteiger partial charge in [0.25, 0.3) is 0 Å². The Labute approximate surface area is 115 Å². The molecule has 104 valence electrons. The van der Waals surface area contributed by atoms with Gasteiger partial charge in [-0.1, -0.05) is 30.3 Å². The lowest BCUT2D eigenvalue weighted by molar-refractivity contribution is -0.00294. The molecule has 1 saturated carbocycles. The highest BCUT2D eigenvalue weighted by molar-refractivity contribution is 5.21. The van der Waals surface area contributed by atoms with E-state index < -0.39 is 5.60 Å². The smallest absolute Gasteiger partial charge is 0.0923 e. The van der Waals surface area contributed by atoms with Crippen LogP contribution in [0.2, 0.25) is 0 Å². The number of hydrogen-bond donors (Lipinski definition) is 2. The molecule has 1 aliphatic carbocycles. The van der Waals surface area contributed by atoms with Gasteiger partial charge in [0.05, 0.1) is 5.60 Å². The van der Waals surface area contributed by atoms with Gasteiger partial charge in [-0.15, -0.1) is 0 Å². The zero-order valence-electron chi connectivity index (χ0n) is 11.5. The first-order valence-electron chi connectivity index (χ1n) is 7.41. The van der Waals surface area contributed by atoms with Gasteiger partial charge in [-0.25, -0.2) is 0 Å². The van der Waals surface area contributed by atoms with Gasteiger partial charge in [0.2, 0.25) is 0 Å². The van der Waals surface area contributed by atoms with Crippen LogP contribution in [-0.2, 0) is 0 Å². The summed E-state index contributed by atoms with van der Waals surface area (Å²) in [6, 6.07) is 10.7. The van der Waals surface area contributed by atoms with E-state index in [1.165, 1.54) is 12.0 Å². The quantitative estimate of drug-likeness (QED) is 0.845. The summed E-state index contributed by atoms with van der Waals surface area (Å²) in [5, 5.41) is 10.6. The predicted molar refractivity (Wildman–Crippen MR) is 77.0 cm³/mol. The number of likely N-dealkylation sites (tertiary alicyclic amines) is 1. The highest BCUT2D eigenvalue weighted by Crippen LogP contribution is 2.40. The van der Waals surface area contributed by atoms with Crippen LogP contribution in [0.1, 0.15) is 30.7 Å². The third-order valence-corrected chi connectivity index (χ3v) is 4.73. The Morgan fingerprint density at radius 3 is 2.58 bits per heavy atom. The van der Waals surface area contributed by atoms with Crippen LogP contribution in [-0.4, -0.2) is 41.8 Å². The second kappa shape index (κ2) is 5.23. The summed E-state index contributed by atoms with van der Waals surface area (Å²) in [7, 11) is 0. The van der Waals surface area contributed by atoms with Gasteiger partial charge in [-0.3, -0.25) is 4.90 Å². The number of nitrogens with zero attached hydrogens (tertiary/aromatic N) is 1. The lowest BCUT2D eigenvalue weighted by Gasteiger charge is -2.31. The second-order valence-electron chi connectivity index (χ2n) is 6.21. The number of hydrogen-bond acceptors (Lipinski definition) is 3. The van der Waals surface area contributed by atoms with E-state index in [0.29, 0.717) is 18.4 Å². The van der Waals surface area contributed by atoms with E-state index >= 15 is 0 Å². The third kappa shape index (κ3) is 2.83. The molecule has 0 spiro atoms. The van der Waals surface area contributed by atoms with Crippen molar-refractivity contribution in [2.45, 2.75) is 30.8 Å². The molecular weight excluding hydrogens is 236 g/mol. The molecule has 2 fully saturated rings. The SMILES string of the molecule is NCC(O)(CN1CCC(c2ccccc2)C1)C1CC1. The summed E-state index contributed by atoms with van der Waals surface area (Å²) in [6.07, 6.45) is 3.47. The first-order valence-corrected chi connectivity index (χ1v) is 7.41. The monoisotopic (exact) mass is 260 g/mol. The molecule has 1 saturated heterocycles. The summed E-state index contributed by atoms with van der Waals surface area (Å²) in [5.41, 5.74) is 6.57. The molecule has 1 heterocycles. The van der Waals surface area contributed by atoms with Gasteiger partial charge in [-0.05, 0) is 43.2 Å². The lowest BCUT2D eigenvalue weighted by Crippen LogP contribution is -2.49. The van der Waals surface area contributed by atoms with Crippen LogP contribution in [0.3, 0.4) is 0 Å². The fourth-order valence-corrected chi connectivity index (χ4v) is 3.34. The normalized spacial score (nSPS) is 27.4. The average molecular weight is 260 g/mol. The number of aliphatic hydroxyl groups is 1. The molecule has 1 aromatic carbocycles. The molecule has 3 nitrogen and oxygen atoms in total. The van der Waals surface area contributed by atoms with Gasteiger partial charge in [0, 0.05) is 19.6 Å². The van der Waals surface area contributed by atoms with Crippen molar-refractivity contribution >= 4 is 0 Å². The van der Waals surface area contributed by atoms with Crippen molar-refractivity contribution in [1.29, 1.82) is 0 Å². The van der Waals surface area contributed by atoms with E-state index in [1.54, 1.807) is 0 Å². The van der Waals surface area contributed by atoms with Crippen molar-refractivity contribution in [1.82, 2.24) is 4.90 Å². The number of benzene rings is 1. The van der Waals surface area contributed by atoms with Crippen molar-refractivity contribution < 1.29 is 5.11 Å². The molecule has 1 aromatic rings. The van der Waals surface area contributed by atoms with Crippen molar-refractivity contribution in [2.75, 3.05) is 26.2 Å². The Morgan fingerprint density at radius 2 is 1.95 bits per heavy atom. The maximum Gasteiger partial charge on any atom is 0.0923 e. The lowest BCUT2D eigenvalue weighted by atomic mass is 9.97. The summed E-state index contributed by atoms with van der Waals surface area (Å²) in [6.45, 7) is 3.27. The number of nitrogens with two attached hydrogens (primary N) is 1. The fourth-order valence-electron chi connectivity index (χ4n) is 3.34. The molecule has 3 N–H and O–H groups in total. The van der Waals surface area contributed by atoms with Crippen LogP contribution < -0.4 is 5.73 Å². The molecule has 0 bridgehead atoms.